The second-order valence-corrected chi connectivity index (χ2v) is 7.79. The smallest absolute Gasteiger partial charge is 0.271 e. The maximum Gasteiger partial charge on any atom is 0.271 e. The van der Waals surface area contributed by atoms with E-state index in [1.807, 2.05) is 29.2 Å². The Kier molecular flexibility index (Phi) is 4.75. The monoisotopic (exact) mass is 404 g/mol. The van der Waals surface area contributed by atoms with E-state index in [1.54, 1.807) is 19.4 Å². The van der Waals surface area contributed by atoms with E-state index in [0.29, 0.717) is 31.1 Å². The molecule has 0 radical (unpaired) electrons. The lowest BCUT2D eigenvalue weighted by Gasteiger charge is -2.45. The molecular weight excluding hydrogens is 380 g/mol. The van der Waals surface area contributed by atoms with Crippen molar-refractivity contribution >= 4 is 5.91 Å². The van der Waals surface area contributed by atoms with Crippen LogP contribution in [0.15, 0.2) is 48.7 Å². The summed E-state index contributed by atoms with van der Waals surface area (Å²) in [7, 11) is 1.69. The first-order valence-corrected chi connectivity index (χ1v) is 10.3. The van der Waals surface area contributed by atoms with E-state index >= 15 is 0 Å². The van der Waals surface area contributed by atoms with Gasteiger partial charge in [-0.25, -0.2) is 0 Å². The molecule has 30 heavy (non-hydrogen) atoms. The molecule has 1 aromatic carbocycles. The molecular formula is C23H24N4O3. The molecule has 2 aliphatic heterocycles. The molecule has 0 aliphatic carbocycles. The molecule has 0 unspecified atom stereocenters. The van der Waals surface area contributed by atoms with E-state index in [4.69, 9.17) is 9.47 Å². The van der Waals surface area contributed by atoms with E-state index in [2.05, 4.69) is 27.3 Å². The van der Waals surface area contributed by atoms with Gasteiger partial charge in [-0.2, -0.15) is 5.10 Å². The molecule has 5 rings (SSSR count). The molecule has 4 heterocycles. The Bertz CT molecular complexity index is 1060. The van der Waals surface area contributed by atoms with Crippen molar-refractivity contribution in [2.45, 2.75) is 24.9 Å². The normalized spacial score (nSPS) is 17.6. The van der Waals surface area contributed by atoms with Crippen molar-refractivity contribution < 1.29 is 14.3 Å². The molecule has 1 fully saturated rings. The number of H-pyrrole nitrogens is 1. The zero-order valence-corrected chi connectivity index (χ0v) is 16.9. The first-order chi connectivity index (χ1) is 14.7. The van der Waals surface area contributed by atoms with Crippen LogP contribution in [0.5, 0.6) is 5.75 Å². The predicted molar refractivity (Wildman–Crippen MR) is 111 cm³/mol. The Morgan fingerprint density at radius 1 is 1.17 bits per heavy atom. The number of aromatic nitrogens is 3. The van der Waals surface area contributed by atoms with Gasteiger partial charge < -0.3 is 14.4 Å². The minimum absolute atomic E-state index is 0.0368. The number of nitrogens with zero attached hydrogens (tertiary/aromatic N) is 3. The van der Waals surface area contributed by atoms with Gasteiger partial charge >= 0.3 is 0 Å². The van der Waals surface area contributed by atoms with Crippen LogP contribution in [-0.2, 0) is 16.8 Å². The Morgan fingerprint density at radius 2 is 2.03 bits per heavy atom. The molecule has 2 aromatic heterocycles. The molecule has 1 saturated heterocycles. The molecule has 1 N–H and O–H groups in total. The number of pyridine rings is 1. The number of fused-ring (bicyclic) bond motifs is 2. The number of carbonyl (C=O) groups is 1. The van der Waals surface area contributed by atoms with Crippen molar-refractivity contribution in [3.8, 4) is 17.1 Å². The highest BCUT2D eigenvalue weighted by Crippen LogP contribution is 2.42. The highest BCUT2D eigenvalue weighted by atomic mass is 16.5. The van der Waals surface area contributed by atoms with Crippen LogP contribution in [0, 0.1) is 0 Å². The fraction of sp³-hybridized carbons (Fsp3) is 0.348. The van der Waals surface area contributed by atoms with Crippen LogP contribution in [0.25, 0.3) is 11.4 Å². The molecule has 2 aliphatic rings. The molecule has 7 nitrogen and oxygen atoms in total. The number of carbonyl (C=O) groups excluding carboxylic acids is 1. The third kappa shape index (κ3) is 3.25. The number of methoxy groups -OCH3 is 1. The fourth-order valence-electron chi connectivity index (χ4n) is 4.51. The lowest BCUT2D eigenvalue weighted by molar-refractivity contribution is -0.0935. The van der Waals surface area contributed by atoms with E-state index in [-0.39, 0.29) is 11.5 Å². The maximum atomic E-state index is 13.0. The number of hydrogen-bond acceptors (Lipinski definition) is 5. The summed E-state index contributed by atoms with van der Waals surface area (Å²) in [5, 5.41) is 7.13. The quantitative estimate of drug-likeness (QED) is 0.725. The van der Waals surface area contributed by atoms with Gasteiger partial charge in [0.25, 0.3) is 5.91 Å². The first kappa shape index (κ1) is 18.8. The largest absolute Gasteiger partial charge is 0.497 e. The Hall–Kier alpha value is -3.19. The zero-order valence-electron chi connectivity index (χ0n) is 16.9. The van der Waals surface area contributed by atoms with Crippen LogP contribution >= 0.6 is 0 Å². The van der Waals surface area contributed by atoms with Gasteiger partial charge in [0.2, 0.25) is 0 Å². The zero-order chi connectivity index (χ0) is 20.6. The Morgan fingerprint density at radius 3 is 2.80 bits per heavy atom. The number of hydrogen-bond donors (Lipinski definition) is 1. The minimum Gasteiger partial charge on any atom is -0.497 e. The lowest BCUT2D eigenvalue weighted by Crippen LogP contribution is -2.48. The average molecular weight is 404 g/mol. The van der Waals surface area contributed by atoms with Crippen LogP contribution in [-0.4, -0.2) is 52.8 Å². The third-order valence-corrected chi connectivity index (χ3v) is 6.15. The molecule has 0 bridgehead atoms. The van der Waals surface area contributed by atoms with E-state index in [1.165, 1.54) is 11.1 Å². The van der Waals surface area contributed by atoms with Crippen molar-refractivity contribution in [1.29, 1.82) is 0 Å². The highest BCUT2D eigenvalue weighted by Gasteiger charge is 2.42. The standard InChI is InChI=1S/C23H24N4O3/c1-29-17-5-6-18-16(14-17)7-13-30-23(18)8-11-27(12-9-23)22(28)21-15-20(25-26-21)19-4-2-3-10-24-19/h2-6,10,14-15H,7-9,11-13H2,1H3,(H,25,26). The second kappa shape index (κ2) is 7.57. The van der Waals surface area contributed by atoms with Gasteiger partial charge in [-0.1, -0.05) is 12.1 Å². The third-order valence-electron chi connectivity index (χ3n) is 6.15. The summed E-state index contributed by atoms with van der Waals surface area (Å²) in [5.41, 5.74) is 4.11. The van der Waals surface area contributed by atoms with Gasteiger partial charge in [-0.3, -0.25) is 14.9 Å². The van der Waals surface area contributed by atoms with Crippen molar-refractivity contribution in [2.75, 3.05) is 26.8 Å². The number of amides is 1. The summed E-state index contributed by atoms with van der Waals surface area (Å²) < 4.78 is 11.7. The van der Waals surface area contributed by atoms with E-state index in [9.17, 15) is 4.79 Å². The van der Waals surface area contributed by atoms with Gasteiger partial charge in [0.05, 0.1) is 25.0 Å². The van der Waals surface area contributed by atoms with Crippen LogP contribution in [0.4, 0.5) is 0 Å². The number of nitrogens with one attached hydrogen (secondary N) is 1. The molecule has 0 saturated carbocycles. The number of aromatic amines is 1. The summed E-state index contributed by atoms with van der Waals surface area (Å²) in [6, 6.07) is 13.6. The molecule has 0 atom stereocenters. The van der Waals surface area contributed by atoms with Gasteiger partial charge in [0.1, 0.15) is 17.1 Å². The Labute approximate surface area is 175 Å². The molecule has 7 heteroatoms. The molecule has 154 valence electrons. The molecule has 1 spiro atoms. The summed E-state index contributed by atoms with van der Waals surface area (Å²) in [6.07, 6.45) is 4.16. The SMILES string of the molecule is COc1ccc2c(c1)CCOC21CCN(C(=O)c2cc(-c3ccccn3)n[nH]2)CC1. The van der Waals surface area contributed by atoms with E-state index < -0.39 is 0 Å². The molecule has 1 amide bonds. The second-order valence-electron chi connectivity index (χ2n) is 7.79. The Balaban J connectivity index is 1.31. The van der Waals surface area contributed by atoms with Crippen LogP contribution in [0.2, 0.25) is 0 Å². The van der Waals surface area contributed by atoms with Gasteiger partial charge in [0.15, 0.2) is 0 Å². The first-order valence-electron chi connectivity index (χ1n) is 10.3. The number of piperidine rings is 1. The fourth-order valence-corrected chi connectivity index (χ4v) is 4.51. The minimum atomic E-state index is -0.316. The number of rotatable bonds is 3. The summed E-state index contributed by atoms with van der Waals surface area (Å²) in [6.45, 7) is 1.98. The van der Waals surface area contributed by atoms with Crippen molar-refractivity contribution in [2.24, 2.45) is 0 Å². The van der Waals surface area contributed by atoms with E-state index in [0.717, 1.165) is 30.7 Å². The van der Waals surface area contributed by atoms with Crippen LogP contribution < -0.4 is 4.74 Å². The topological polar surface area (TPSA) is 80.3 Å². The van der Waals surface area contributed by atoms with Crippen molar-refractivity contribution in [3.05, 3.63) is 65.5 Å². The summed E-state index contributed by atoms with van der Waals surface area (Å²) >= 11 is 0. The average Bonchev–Trinajstić information content (AvgIpc) is 3.30. The number of likely N-dealkylation sites (tertiary alicyclic amines) is 1. The predicted octanol–water partition coefficient (Wildman–Crippen LogP) is 3.18. The van der Waals surface area contributed by atoms with Crippen LogP contribution in [0.1, 0.15) is 34.5 Å². The van der Waals surface area contributed by atoms with Crippen LogP contribution in [0.3, 0.4) is 0 Å². The van der Waals surface area contributed by atoms with Crippen molar-refractivity contribution in [3.63, 3.8) is 0 Å². The lowest BCUT2D eigenvalue weighted by atomic mass is 9.79. The number of ether oxygens (including phenoxy) is 2. The number of benzene rings is 1. The van der Waals surface area contributed by atoms with Gasteiger partial charge in [-0.05, 0) is 60.7 Å². The van der Waals surface area contributed by atoms with Gasteiger partial charge in [-0.15, -0.1) is 0 Å². The van der Waals surface area contributed by atoms with Gasteiger partial charge in [0, 0.05) is 19.3 Å². The highest BCUT2D eigenvalue weighted by molar-refractivity contribution is 5.93. The summed E-state index contributed by atoms with van der Waals surface area (Å²) in [5.74, 6) is 0.840. The maximum absolute atomic E-state index is 13.0. The summed E-state index contributed by atoms with van der Waals surface area (Å²) in [4.78, 5) is 19.2. The van der Waals surface area contributed by atoms with Crippen molar-refractivity contribution in [1.82, 2.24) is 20.1 Å². The molecule has 3 aromatic rings.